The van der Waals surface area contributed by atoms with Crippen molar-refractivity contribution in [1.29, 1.82) is 0 Å². The highest BCUT2D eigenvalue weighted by Crippen LogP contribution is 2.20. The number of piperazine rings is 1. The molecule has 1 atom stereocenters. The molecule has 0 saturated carbocycles. The Morgan fingerprint density at radius 2 is 2.50 bits per heavy atom. The number of nitrogens with zero attached hydrogens (tertiary/aromatic N) is 1. The van der Waals surface area contributed by atoms with Gasteiger partial charge in [-0.2, -0.15) is 0 Å². The minimum absolute atomic E-state index is 0.682. The molecule has 0 aromatic carbocycles. The van der Waals surface area contributed by atoms with E-state index < -0.39 is 0 Å². The molecule has 0 aromatic rings. The topological polar surface area (TPSA) is 15.3 Å². The Kier molecular flexibility index (Phi) is 3.60. The summed E-state index contributed by atoms with van der Waals surface area (Å²) in [4.78, 5) is 2.60. The lowest BCUT2D eigenvalue weighted by Crippen LogP contribution is -2.49. The van der Waals surface area contributed by atoms with Crippen LogP contribution in [-0.4, -0.2) is 37.1 Å². The van der Waals surface area contributed by atoms with Gasteiger partial charge in [-0.05, 0) is 32.6 Å². The van der Waals surface area contributed by atoms with Crippen molar-refractivity contribution < 1.29 is 0 Å². The molecule has 2 rings (SSSR count). The molecule has 1 saturated heterocycles. The summed E-state index contributed by atoms with van der Waals surface area (Å²) in [6.45, 7) is 7.18. The molecule has 1 aliphatic carbocycles. The second kappa shape index (κ2) is 4.94. The van der Waals surface area contributed by atoms with Crippen molar-refractivity contribution in [3.05, 3.63) is 11.6 Å². The molecule has 0 aromatic heterocycles. The van der Waals surface area contributed by atoms with Gasteiger partial charge in [0, 0.05) is 32.2 Å². The molecular formula is C12H22N2. The van der Waals surface area contributed by atoms with Crippen LogP contribution < -0.4 is 5.32 Å². The fourth-order valence-electron chi connectivity index (χ4n) is 2.48. The molecule has 14 heavy (non-hydrogen) atoms. The predicted molar refractivity (Wildman–Crippen MR) is 60.5 cm³/mol. The third-order valence-electron chi connectivity index (χ3n) is 3.34. The van der Waals surface area contributed by atoms with Crippen LogP contribution in [0.15, 0.2) is 11.6 Å². The Bertz CT molecular complexity index is 210. The van der Waals surface area contributed by atoms with Crippen molar-refractivity contribution in [2.24, 2.45) is 0 Å². The van der Waals surface area contributed by atoms with E-state index in [0.29, 0.717) is 6.04 Å². The number of hydrogen-bond acceptors (Lipinski definition) is 2. The van der Waals surface area contributed by atoms with E-state index in [1.165, 1.54) is 51.9 Å². The molecule has 0 amide bonds. The summed E-state index contributed by atoms with van der Waals surface area (Å²) in [7, 11) is 0. The maximum Gasteiger partial charge on any atom is 0.0167 e. The first-order valence-electron chi connectivity index (χ1n) is 5.98. The molecule has 2 nitrogen and oxygen atoms in total. The predicted octanol–water partition coefficient (Wildman–Crippen LogP) is 1.78. The van der Waals surface area contributed by atoms with E-state index in [4.69, 9.17) is 0 Å². The van der Waals surface area contributed by atoms with Gasteiger partial charge in [-0.1, -0.05) is 11.6 Å². The SMILES string of the molecule is CC1CN(CCC2=CCCC2)CCN1. The van der Waals surface area contributed by atoms with Crippen LogP contribution in [0.25, 0.3) is 0 Å². The van der Waals surface area contributed by atoms with E-state index in [1.54, 1.807) is 5.57 Å². The molecule has 0 bridgehead atoms. The third-order valence-corrected chi connectivity index (χ3v) is 3.34. The molecule has 2 aliphatic rings. The molecule has 0 radical (unpaired) electrons. The molecule has 1 N–H and O–H groups in total. The van der Waals surface area contributed by atoms with Crippen LogP contribution in [0.2, 0.25) is 0 Å². The summed E-state index contributed by atoms with van der Waals surface area (Å²) in [6, 6.07) is 0.682. The Hall–Kier alpha value is -0.340. The van der Waals surface area contributed by atoms with Gasteiger partial charge < -0.3 is 10.2 Å². The first-order chi connectivity index (χ1) is 6.84. The van der Waals surface area contributed by atoms with Crippen molar-refractivity contribution >= 4 is 0 Å². The van der Waals surface area contributed by atoms with Gasteiger partial charge in [0.2, 0.25) is 0 Å². The van der Waals surface area contributed by atoms with Crippen molar-refractivity contribution in [2.75, 3.05) is 26.2 Å². The average Bonchev–Trinajstić information content (AvgIpc) is 2.67. The maximum absolute atomic E-state index is 3.48. The molecule has 1 heterocycles. The lowest BCUT2D eigenvalue weighted by molar-refractivity contribution is 0.209. The van der Waals surface area contributed by atoms with Crippen LogP contribution in [0.1, 0.15) is 32.6 Å². The second-order valence-corrected chi connectivity index (χ2v) is 4.66. The van der Waals surface area contributed by atoms with Gasteiger partial charge in [0.15, 0.2) is 0 Å². The van der Waals surface area contributed by atoms with E-state index in [1.807, 2.05) is 0 Å². The van der Waals surface area contributed by atoms with E-state index in [-0.39, 0.29) is 0 Å². The van der Waals surface area contributed by atoms with Crippen LogP contribution in [-0.2, 0) is 0 Å². The number of hydrogen-bond donors (Lipinski definition) is 1. The quantitative estimate of drug-likeness (QED) is 0.689. The number of allylic oxidation sites excluding steroid dienone is 1. The van der Waals surface area contributed by atoms with Crippen LogP contribution in [0.3, 0.4) is 0 Å². The maximum atomic E-state index is 3.48. The van der Waals surface area contributed by atoms with Gasteiger partial charge in [-0.15, -0.1) is 0 Å². The Labute approximate surface area is 87.4 Å². The van der Waals surface area contributed by atoms with Crippen molar-refractivity contribution in [3.63, 3.8) is 0 Å². The molecule has 80 valence electrons. The van der Waals surface area contributed by atoms with Crippen LogP contribution >= 0.6 is 0 Å². The van der Waals surface area contributed by atoms with Crippen molar-refractivity contribution in [2.45, 2.75) is 38.6 Å². The summed E-state index contributed by atoms with van der Waals surface area (Å²) in [6.07, 6.45) is 7.85. The molecule has 1 fully saturated rings. The van der Waals surface area contributed by atoms with Gasteiger partial charge in [0.1, 0.15) is 0 Å². The first-order valence-corrected chi connectivity index (χ1v) is 5.98. The van der Waals surface area contributed by atoms with Crippen LogP contribution in [0, 0.1) is 0 Å². The van der Waals surface area contributed by atoms with Gasteiger partial charge in [-0.25, -0.2) is 0 Å². The summed E-state index contributed by atoms with van der Waals surface area (Å²) in [5, 5.41) is 3.48. The minimum atomic E-state index is 0.682. The Morgan fingerprint density at radius 3 is 3.21 bits per heavy atom. The van der Waals surface area contributed by atoms with E-state index in [0.717, 1.165) is 0 Å². The zero-order valence-electron chi connectivity index (χ0n) is 9.26. The zero-order chi connectivity index (χ0) is 9.80. The minimum Gasteiger partial charge on any atom is -0.312 e. The Morgan fingerprint density at radius 1 is 1.57 bits per heavy atom. The second-order valence-electron chi connectivity index (χ2n) is 4.66. The van der Waals surface area contributed by atoms with Gasteiger partial charge in [0.05, 0.1) is 0 Å². The summed E-state index contributed by atoms with van der Waals surface area (Å²) in [5.74, 6) is 0. The molecule has 1 unspecified atom stereocenters. The monoisotopic (exact) mass is 194 g/mol. The van der Waals surface area contributed by atoms with Gasteiger partial charge in [0.25, 0.3) is 0 Å². The highest BCUT2D eigenvalue weighted by atomic mass is 15.2. The fraction of sp³-hybridized carbons (Fsp3) is 0.833. The van der Waals surface area contributed by atoms with Gasteiger partial charge >= 0.3 is 0 Å². The summed E-state index contributed by atoms with van der Waals surface area (Å²) < 4.78 is 0. The van der Waals surface area contributed by atoms with Gasteiger partial charge in [-0.3, -0.25) is 0 Å². The van der Waals surface area contributed by atoms with E-state index in [9.17, 15) is 0 Å². The van der Waals surface area contributed by atoms with Crippen molar-refractivity contribution in [1.82, 2.24) is 10.2 Å². The van der Waals surface area contributed by atoms with Crippen LogP contribution in [0.4, 0.5) is 0 Å². The molecule has 0 spiro atoms. The lowest BCUT2D eigenvalue weighted by atomic mass is 10.1. The lowest BCUT2D eigenvalue weighted by Gasteiger charge is -2.31. The number of rotatable bonds is 3. The molecule has 1 aliphatic heterocycles. The fourth-order valence-corrected chi connectivity index (χ4v) is 2.48. The summed E-state index contributed by atoms with van der Waals surface area (Å²) >= 11 is 0. The molecule has 2 heteroatoms. The largest absolute Gasteiger partial charge is 0.312 e. The molecular weight excluding hydrogens is 172 g/mol. The van der Waals surface area contributed by atoms with Crippen molar-refractivity contribution in [3.8, 4) is 0 Å². The average molecular weight is 194 g/mol. The zero-order valence-corrected chi connectivity index (χ0v) is 9.26. The standard InChI is InChI=1S/C12H22N2/c1-11-10-14(9-7-13-11)8-6-12-4-2-3-5-12/h4,11,13H,2-3,5-10H2,1H3. The number of nitrogens with one attached hydrogen (secondary N) is 1. The highest BCUT2D eigenvalue weighted by molar-refractivity contribution is 5.07. The highest BCUT2D eigenvalue weighted by Gasteiger charge is 2.15. The van der Waals surface area contributed by atoms with E-state index in [2.05, 4.69) is 23.2 Å². The smallest absolute Gasteiger partial charge is 0.0167 e. The normalized spacial score (nSPS) is 29.2. The van der Waals surface area contributed by atoms with Crippen LogP contribution in [0.5, 0.6) is 0 Å². The third kappa shape index (κ3) is 2.82. The Balaban J connectivity index is 1.69. The summed E-state index contributed by atoms with van der Waals surface area (Å²) in [5.41, 5.74) is 1.70. The first kappa shape index (κ1) is 10.2. The van der Waals surface area contributed by atoms with E-state index >= 15 is 0 Å².